The molecule has 0 amide bonds. The largest absolute Gasteiger partial charge is 0.390 e. The van der Waals surface area contributed by atoms with Gasteiger partial charge in [-0.15, -0.1) is 0 Å². The summed E-state index contributed by atoms with van der Waals surface area (Å²) < 4.78 is 7.37. The Morgan fingerprint density at radius 2 is 1.93 bits per heavy atom. The van der Waals surface area contributed by atoms with Gasteiger partial charge in [0.15, 0.2) is 0 Å². The van der Waals surface area contributed by atoms with Crippen LogP contribution in [0, 0.1) is 13.8 Å². The zero-order valence-corrected chi connectivity index (χ0v) is 16.9. The third-order valence-corrected chi connectivity index (χ3v) is 5.75. The second kappa shape index (κ2) is 8.88. The molecule has 1 aliphatic rings. The first-order valence-corrected chi connectivity index (χ1v) is 10.1. The maximum absolute atomic E-state index is 12.1. The Kier molecular flexibility index (Phi) is 6.52. The fraction of sp³-hybridized carbons (Fsp3) is 0.545. The van der Waals surface area contributed by atoms with Gasteiger partial charge in [0.2, 0.25) is 0 Å². The van der Waals surface area contributed by atoms with Gasteiger partial charge in [0, 0.05) is 18.2 Å². The van der Waals surface area contributed by atoms with Gasteiger partial charge in [-0.2, -0.15) is 0 Å². The van der Waals surface area contributed by atoms with Crippen LogP contribution in [-0.4, -0.2) is 26.9 Å². The minimum atomic E-state index is -0.603. The Morgan fingerprint density at radius 3 is 2.61 bits per heavy atom. The molecule has 1 aliphatic heterocycles. The normalized spacial score (nSPS) is 21.9. The van der Waals surface area contributed by atoms with Crippen molar-refractivity contribution in [3.63, 3.8) is 0 Å². The smallest absolute Gasteiger partial charge is 0.330 e. The van der Waals surface area contributed by atoms with Crippen molar-refractivity contribution in [1.82, 2.24) is 9.55 Å². The van der Waals surface area contributed by atoms with Gasteiger partial charge >= 0.3 is 5.69 Å². The maximum atomic E-state index is 12.1. The number of rotatable bonds is 7. The van der Waals surface area contributed by atoms with E-state index in [2.05, 4.69) is 37.0 Å². The Bertz CT molecular complexity index is 911. The zero-order chi connectivity index (χ0) is 20.3. The molecule has 28 heavy (non-hydrogen) atoms. The van der Waals surface area contributed by atoms with Crippen LogP contribution in [0.15, 0.2) is 34.0 Å². The summed E-state index contributed by atoms with van der Waals surface area (Å²) in [5, 5.41) is 10.4. The molecule has 152 valence electrons. The molecule has 2 heterocycles. The number of hydrogen-bond acceptors (Lipinski definition) is 4. The summed E-state index contributed by atoms with van der Waals surface area (Å²) in [6.45, 7) is 6.15. The molecule has 0 saturated carbocycles. The van der Waals surface area contributed by atoms with Gasteiger partial charge in [-0.05, 0) is 56.2 Å². The Balaban J connectivity index is 1.57. The molecule has 6 heteroatoms. The van der Waals surface area contributed by atoms with E-state index in [1.165, 1.54) is 21.3 Å². The number of aromatic nitrogens is 2. The Labute approximate surface area is 165 Å². The summed E-state index contributed by atoms with van der Waals surface area (Å²) in [6.07, 6.45) is 4.77. The van der Waals surface area contributed by atoms with E-state index in [4.69, 9.17) is 4.74 Å². The number of hydrogen-bond donors (Lipinski definition) is 2. The number of aliphatic hydroxyl groups is 1. The predicted octanol–water partition coefficient (Wildman–Crippen LogP) is 2.78. The van der Waals surface area contributed by atoms with Crippen molar-refractivity contribution in [3.05, 3.63) is 67.5 Å². The van der Waals surface area contributed by atoms with Crippen molar-refractivity contribution in [1.29, 1.82) is 0 Å². The van der Waals surface area contributed by atoms with Crippen LogP contribution >= 0.6 is 0 Å². The number of aliphatic hydroxyl groups excluding tert-OH is 1. The van der Waals surface area contributed by atoms with E-state index in [9.17, 15) is 14.7 Å². The third-order valence-electron chi connectivity index (χ3n) is 5.75. The minimum Gasteiger partial charge on any atom is -0.390 e. The summed E-state index contributed by atoms with van der Waals surface area (Å²) >= 11 is 0. The topological polar surface area (TPSA) is 84.3 Å². The van der Waals surface area contributed by atoms with Gasteiger partial charge < -0.3 is 9.84 Å². The number of benzene rings is 1. The van der Waals surface area contributed by atoms with Gasteiger partial charge in [0.05, 0.1) is 12.2 Å². The maximum Gasteiger partial charge on any atom is 0.330 e. The molecule has 0 unspecified atom stereocenters. The van der Waals surface area contributed by atoms with Crippen molar-refractivity contribution >= 4 is 0 Å². The standard InChI is InChI=1S/C22H30N2O4/c1-4-16-13-24(22(27)23-21(16)26)20-12-18(25)19(28-20)11-6-5-10-17-14(2)8-7-9-15(17)3/h7-9,13,18-20,25H,4-6,10-12H2,1-3H3,(H,23,26,27)/t18-,19+,20+/m0/s1. The van der Waals surface area contributed by atoms with E-state index in [-0.39, 0.29) is 11.7 Å². The second-order valence-corrected chi connectivity index (χ2v) is 7.72. The molecule has 0 spiro atoms. The molecule has 2 aromatic rings. The molecule has 0 radical (unpaired) electrons. The molecule has 1 aromatic carbocycles. The highest BCUT2D eigenvalue weighted by atomic mass is 16.5. The van der Waals surface area contributed by atoms with Crippen molar-refractivity contribution in [2.24, 2.45) is 0 Å². The molecule has 3 rings (SSSR count). The molecule has 1 aromatic heterocycles. The number of unbranched alkanes of at least 4 members (excludes halogenated alkanes) is 1. The number of aryl methyl sites for hydroxylation is 3. The molecule has 3 atom stereocenters. The number of aromatic amines is 1. The lowest BCUT2D eigenvalue weighted by molar-refractivity contribution is -0.0253. The van der Waals surface area contributed by atoms with E-state index in [0.29, 0.717) is 18.4 Å². The average molecular weight is 386 g/mol. The van der Waals surface area contributed by atoms with Crippen molar-refractivity contribution in [2.45, 2.75) is 77.7 Å². The number of H-pyrrole nitrogens is 1. The van der Waals surface area contributed by atoms with Crippen LogP contribution in [0.1, 0.15) is 61.1 Å². The lowest BCUT2D eigenvalue weighted by Crippen LogP contribution is -2.34. The third kappa shape index (κ3) is 4.45. The quantitative estimate of drug-likeness (QED) is 0.717. The lowest BCUT2D eigenvalue weighted by Gasteiger charge is -2.17. The van der Waals surface area contributed by atoms with Crippen LogP contribution in [0.4, 0.5) is 0 Å². The van der Waals surface area contributed by atoms with E-state index < -0.39 is 18.0 Å². The van der Waals surface area contributed by atoms with Crippen LogP contribution in [0.25, 0.3) is 0 Å². The average Bonchev–Trinajstić information content (AvgIpc) is 3.01. The van der Waals surface area contributed by atoms with Gasteiger partial charge in [0.1, 0.15) is 6.23 Å². The number of nitrogens with one attached hydrogen (secondary N) is 1. The molecule has 1 fully saturated rings. The Hall–Kier alpha value is -2.18. The number of nitrogens with zero attached hydrogens (tertiary/aromatic N) is 1. The van der Waals surface area contributed by atoms with Gasteiger partial charge in [0.25, 0.3) is 5.56 Å². The van der Waals surface area contributed by atoms with Crippen LogP contribution in [0.5, 0.6) is 0 Å². The summed E-state index contributed by atoms with van der Waals surface area (Å²) in [5.41, 5.74) is 3.73. The summed E-state index contributed by atoms with van der Waals surface area (Å²) in [6, 6.07) is 6.37. The minimum absolute atomic E-state index is 0.285. The highest BCUT2D eigenvalue weighted by Gasteiger charge is 2.35. The zero-order valence-electron chi connectivity index (χ0n) is 16.9. The lowest BCUT2D eigenvalue weighted by atomic mass is 9.96. The fourth-order valence-corrected chi connectivity index (χ4v) is 4.03. The summed E-state index contributed by atoms with van der Waals surface area (Å²) in [5.74, 6) is 0. The van der Waals surface area contributed by atoms with Crippen LogP contribution in [0.2, 0.25) is 0 Å². The van der Waals surface area contributed by atoms with E-state index >= 15 is 0 Å². The van der Waals surface area contributed by atoms with Gasteiger partial charge in [-0.1, -0.05) is 31.5 Å². The highest BCUT2D eigenvalue weighted by molar-refractivity contribution is 5.33. The van der Waals surface area contributed by atoms with Crippen molar-refractivity contribution < 1.29 is 9.84 Å². The predicted molar refractivity (Wildman–Crippen MR) is 109 cm³/mol. The Morgan fingerprint density at radius 1 is 1.21 bits per heavy atom. The second-order valence-electron chi connectivity index (χ2n) is 7.72. The van der Waals surface area contributed by atoms with Crippen LogP contribution in [-0.2, 0) is 17.6 Å². The number of ether oxygens (including phenoxy) is 1. The van der Waals surface area contributed by atoms with Gasteiger partial charge in [-0.25, -0.2) is 4.79 Å². The molecule has 0 bridgehead atoms. The molecule has 6 nitrogen and oxygen atoms in total. The first-order chi connectivity index (χ1) is 13.4. The van der Waals surface area contributed by atoms with E-state index in [1.54, 1.807) is 6.20 Å². The summed E-state index contributed by atoms with van der Waals surface area (Å²) in [4.78, 5) is 26.2. The molecule has 1 saturated heterocycles. The molecular weight excluding hydrogens is 356 g/mol. The molecule has 0 aliphatic carbocycles. The molecular formula is C22H30N2O4. The van der Waals surface area contributed by atoms with Crippen LogP contribution in [0.3, 0.4) is 0 Å². The monoisotopic (exact) mass is 386 g/mol. The SMILES string of the molecule is CCc1cn([C@H]2C[C@H](O)[C@@H](CCCCc3c(C)cccc3C)O2)c(=O)[nH]c1=O. The van der Waals surface area contributed by atoms with E-state index in [1.807, 2.05) is 6.92 Å². The summed E-state index contributed by atoms with van der Waals surface area (Å²) in [7, 11) is 0. The fourth-order valence-electron chi connectivity index (χ4n) is 4.03. The van der Waals surface area contributed by atoms with Gasteiger partial charge in [-0.3, -0.25) is 14.3 Å². The molecule has 2 N–H and O–H groups in total. The first-order valence-electron chi connectivity index (χ1n) is 10.1. The van der Waals surface area contributed by atoms with Crippen molar-refractivity contribution in [2.75, 3.05) is 0 Å². The van der Waals surface area contributed by atoms with E-state index in [0.717, 1.165) is 25.7 Å². The highest BCUT2D eigenvalue weighted by Crippen LogP contribution is 2.30. The van der Waals surface area contributed by atoms with Crippen molar-refractivity contribution in [3.8, 4) is 0 Å². The van der Waals surface area contributed by atoms with Crippen LogP contribution < -0.4 is 11.2 Å². The first kappa shape index (κ1) is 20.6.